The Morgan fingerprint density at radius 2 is 2.00 bits per heavy atom. The number of ether oxygens (including phenoxy) is 1. The molecule has 0 amide bonds. The van der Waals surface area contributed by atoms with Gasteiger partial charge in [0.1, 0.15) is 5.75 Å². The van der Waals surface area contributed by atoms with Crippen molar-refractivity contribution < 1.29 is 4.74 Å². The van der Waals surface area contributed by atoms with Crippen LogP contribution in [0, 0.1) is 0 Å². The first-order valence-corrected chi connectivity index (χ1v) is 7.42. The highest BCUT2D eigenvalue weighted by Crippen LogP contribution is 2.24. The van der Waals surface area contributed by atoms with Crippen LogP contribution in [0.4, 0.5) is 5.69 Å². The Kier molecular flexibility index (Phi) is 4.11. The Balaban J connectivity index is 1.67. The summed E-state index contributed by atoms with van der Waals surface area (Å²) < 4.78 is 5.42. The molecule has 1 N–H and O–H groups in total. The summed E-state index contributed by atoms with van der Waals surface area (Å²) in [6.07, 6.45) is 1.14. The maximum absolute atomic E-state index is 5.42. The molecule has 0 spiro atoms. The van der Waals surface area contributed by atoms with E-state index in [0.717, 1.165) is 31.8 Å². The van der Waals surface area contributed by atoms with Gasteiger partial charge in [-0.15, -0.1) is 0 Å². The molecule has 1 aliphatic heterocycles. The summed E-state index contributed by atoms with van der Waals surface area (Å²) in [6, 6.07) is 15.0. The summed E-state index contributed by atoms with van der Waals surface area (Å²) in [7, 11) is 3.88. The van der Waals surface area contributed by atoms with E-state index in [1.165, 1.54) is 22.4 Å². The quantitative estimate of drug-likeness (QED) is 0.910. The van der Waals surface area contributed by atoms with Crippen LogP contribution in [0.3, 0.4) is 0 Å². The predicted octanol–water partition coefficient (Wildman–Crippen LogP) is 3.30. The topological polar surface area (TPSA) is 24.5 Å². The first-order valence-electron chi connectivity index (χ1n) is 7.42. The zero-order valence-electron chi connectivity index (χ0n) is 12.7. The van der Waals surface area contributed by atoms with Crippen molar-refractivity contribution >= 4 is 5.69 Å². The van der Waals surface area contributed by atoms with E-state index in [0.29, 0.717) is 0 Å². The van der Waals surface area contributed by atoms with Gasteiger partial charge in [0, 0.05) is 30.9 Å². The smallest absolute Gasteiger partial charge is 0.123 e. The summed E-state index contributed by atoms with van der Waals surface area (Å²) in [4.78, 5) is 2.32. The molecule has 0 unspecified atom stereocenters. The molecule has 0 radical (unpaired) electrons. The molecule has 2 aromatic rings. The zero-order chi connectivity index (χ0) is 14.7. The average Bonchev–Trinajstić information content (AvgIpc) is 2.95. The molecule has 0 bridgehead atoms. The number of hydrogen-bond donors (Lipinski definition) is 1. The van der Waals surface area contributed by atoms with Crippen molar-refractivity contribution in [3.63, 3.8) is 0 Å². The number of anilines is 1. The number of hydrogen-bond acceptors (Lipinski definition) is 3. The molecule has 3 heteroatoms. The first kappa shape index (κ1) is 14.0. The lowest BCUT2D eigenvalue weighted by Gasteiger charge is -2.19. The third-order valence-corrected chi connectivity index (χ3v) is 3.96. The number of para-hydroxylation sites is 1. The van der Waals surface area contributed by atoms with Gasteiger partial charge >= 0.3 is 0 Å². The van der Waals surface area contributed by atoms with Gasteiger partial charge in [-0.3, -0.25) is 4.90 Å². The fourth-order valence-electron chi connectivity index (χ4n) is 2.95. The van der Waals surface area contributed by atoms with E-state index in [2.05, 4.69) is 47.6 Å². The van der Waals surface area contributed by atoms with Crippen LogP contribution < -0.4 is 10.1 Å². The molecule has 0 aliphatic carbocycles. The molecular weight excluding hydrogens is 260 g/mol. The van der Waals surface area contributed by atoms with Crippen molar-refractivity contribution in [1.82, 2.24) is 4.90 Å². The summed E-state index contributed by atoms with van der Waals surface area (Å²) in [6.45, 7) is 2.90. The number of rotatable bonds is 5. The van der Waals surface area contributed by atoms with Crippen molar-refractivity contribution in [2.45, 2.75) is 19.5 Å². The molecule has 0 atom stereocenters. The van der Waals surface area contributed by atoms with Crippen LogP contribution in [0.15, 0.2) is 42.5 Å². The van der Waals surface area contributed by atoms with Gasteiger partial charge in [0.15, 0.2) is 0 Å². The fraction of sp³-hybridized carbons (Fsp3) is 0.333. The van der Waals surface area contributed by atoms with Crippen molar-refractivity contribution in [2.24, 2.45) is 0 Å². The lowest BCUT2D eigenvalue weighted by atomic mass is 10.1. The zero-order valence-corrected chi connectivity index (χ0v) is 12.7. The Hall–Kier alpha value is -2.00. The molecule has 0 aromatic heterocycles. The summed E-state index contributed by atoms with van der Waals surface area (Å²) >= 11 is 0. The second-order valence-electron chi connectivity index (χ2n) is 5.65. The van der Waals surface area contributed by atoms with E-state index in [-0.39, 0.29) is 0 Å². The van der Waals surface area contributed by atoms with Crippen LogP contribution >= 0.6 is 0 Å². The van der Waals surface area contributed by atoms with E-state index in [4.69, 9.17) is 4.74 Å². The molecule has 0 fully saturated rings. The highest BCUT2D eigenvalue weighted by Gasteiger charge is 2.11. The molecule has 1 heterocycles. The normalized spacial score (nSPS) is 13.1. The lowest BCUT2D eigenvalue weighted by molar-refractivity contribution is 0.310. The predicted molar refractivity (Wildman–Crippen MR) is 86.8 cm³/mol. The van der Waals surface area contributed by atoms with Crippen LogP contribution in [0.2, 0.25) is 0 Å². The van der Waals surface area contributed by atoms with E-state index in [1.54, 1.807) is 7.11 Å². The van der Waals surface area contributed by atoms with Crippen molar-refractivity contribution in [1.29, 1.82) is 0 Å². The molecule has 3 nitrogen and oxygen atoms in total. The molecular formula is C18H22N2O. The van der Waals surface area contributed by atoms with Crippen LogP contribution in [0.25, 0.3) is 0 Å². The van der Waals surface area contributed by atoms with Crippen LogP contribution in [0.5, 0.6) is 5.75 Å². The number of nitrogens with one attached hydrogen (secondary N) is 1. The highest BCUT2D eigenvalue weighted by molar-refractivity contribution is 5.56. The number of fused-ring (bicyclic) bond motifs is 1. The molecule has 0 saturated heterocycles. The van der Waals surface area contributed by atoms with Gasteiger partial charge < -0.3 is 10.1 Å². The van der Waals surface area contributed by atoms with Gasteiger partial charge in [-0.1, -0.05) is 30.3 Å². The Morgan fingerprint density at radius 3 is 2.86 bits per heavy atom. The Bertz CT molecular complexity index is 624. The van der Waals surface area contributed by atoms with E-state index in [1.807, 2.05) is 12.1 Å². The van der Waals surface area contributed by atoms with Crippen molar-refractivity contribution in [3.05, 3.63) is 59.2 Å². The molecule has 3 rings (SSSR count). The molecule has 110 valence electrons. The number of benzene rings is 2. The average molecular weight is 282 g/mol. The van der Waals surface area contributed by atoms with Crippen molar-refractivity contribution in [3.8, 4) is 5.75 Å². The Morgan fingerprint density at radius 1 is 1.14 bits per heavy atom. The molecule has 21 heavy (non-hydrogen) atoms. The van der Waals surface area contributed by atoms with Crippen molar-refractivity contribution in [2.75, 3.05) is 26.0 Å². The van der Waals surface area contributed by atoms with Crippen LogP contribution in [-0.2, 0) is 19.5 Å². The van der Waals surface area contributed by atoms with Gasteiger partial charge in [-0.25, -0.2) is 0 Å². The van der Waals surface area contributed by atoms with Crippen LogP contribution in [-0.4, -0.2) is 25.6 Å². The van der Waals surface area contributed by atoms with E-state index >= 15 is 0 Å². The minimum Gasteiger partial charge on any atom is -0.496 e. The number of methoxy groups -OCH3 is 1. The SMILES string of the molecule is COc1ccccc1CN(C)Cc1ccc2c(c1)CCN2. The molecule has 0 saturated carbocycles. The minimum absolute atomic E-state index is 0.888. The number of nitrogens with zero attached hydrogens (tertiary/aromatic N) is 1. The second-order valence-corrected chi connectivity index (χ2v) is 5.65. The standard InChI is InChI=1S/C18H22N2O/c1-20(13-16-5-3-4-6-18(16)21-2)12-14-7-8-17-15(11-14)9-10-19-17/h3-8,11,19H,9-10,12-13H2,1-2H3. The van der Waals surface area contributed by atoms with Crippen LogP contribution in [0.1, 0.15) is 16.7 Å². The van der Waals surface area contributed by atoms with Gasteiger partial charge in [0.05, 0.1) is 7.11 Å². The summed E-state index contributed by atoms with van der Waals surface area (Å²) in [5.41, 5.74) is 5.34. The summed E-state index contributed by atoms with van der Waals surface area (Å²) in [5.74, 6) is 0.961. The monoisotopic (exact) mass is 282 g/mol. The third-order valence-electron chi connectivity index (χ3n) is 3.96. The maximum Gasteiger partial charge on any atom is 0.123 e. The highest BCUT2D eigenvalue weighted by atomic mass is 16.5. The van der Waals surface area contributed by atoms with Gasteiger partial charge in [-0.2, -0.15) is 0 Å². The van der Waals surface area contributed by atoms with Gasteiger partial charge in [0.25, 0.3) is 0 Å². The second kappa shape index (κ2) is 6.19. The third kappa shape index (κ3) is 3.19. The lowest BCUT2D eigenvalue weighted by Crippen LogP contribution is -2.17. The largest absolute Gasteiger partial charge is 0.496 e. The minimum atomic E-state index is 0.888. The summed E-state index contributed by atoms with van der Waals surface area (Å²) in [5, 5.41) is 3.41. The molecule has 1 aliphatic rings. The first-order chi connectivity index (χ1) is 10.3. The Labute approximate surface area is 126 Å². The van der Waals surface area contributed by atoms with E-state index < -0.39 is 0 Å². The maximum atomic E-state index is 5.42. The fourth-order valence-corrected chi connectivity index (χ4v) is 2.95. The van der Waals surface area contributed by atoms with Gasteiger partial charge in [0.2, 0.25) is 0 Å². The molecule has 2 aromatic carbocycles. The van der Waals surface area contributed by atoms with Gasteiger partial charge in [-0.05, 0) is 36.7 Å². The van der Waals surface area contributed by atoms with E-state index in [9.17, 15) is 0 Å².